The Balaban J connectivity index is 2.97. The quantitative estimate of drug-likeness (QED) is 0.642. The molecule has 0 fully saturated rings. The Kier molecular flexibility index (Phi) is 2.07. The van der Waals surface area contributed by atoms with Crippen LogP contribution in [0.2, 0.25) is 0 Å². The van der Waals surface area contributed by atoms with E-state index < -0.39 is 0 Å². The minimum atomic E-state index is -0.0787. The van der Waals surface area contributed by atoms with Crippen LogP contribution in [-0.4, -0.2) is 25.4 Å². The number of aryl methyl sites for hydroxylation is 2. The van der Waals surface area contributed by atoms with Gasteiger partial charge in [-0.3, -0.25) is 4.79 Å². The predicted octanol–water partition coefficient (Wildman–Crippen LogP) is 0.458. The molecular weight excluding hydrogens is 200 g/mol. The van der Waals surface area contributed by atoms with E-state index in [2.05, 4.69) is 10.2 Å². The molecule has 74 valence electrons. The first-order valence-electron chi connectivity index (χ1n) is 4.11. The maximum atomic E-state index is 11.6. The summed E-state index contributed by atoms with van der Waals surface area (Å²) < 4.78 is 3.35. The van der Waals surface area contributed by atoms with Crippen LogP contribution < -0.4 is 5.56 Å². The zero-order valence-electron chi connectivity index (χ0n) is 8.18. The summed E-state index contributed by atoms with van der Waals surface area (Å²) in [6, 6.07) is 1.58. The Bertz CT molecular complexity index is 542. The molecule has 0 aliphatic rings. The summed E-state index contributed by atoms with van der Waals surface area (Å²) >= 11 is 1.41. The fraction of sp³-hybridized carbons (Fsp3) is 0.375. The summed E-state index contributed by atoms with van der Waals surface area (Å²) in [6.07, 6.45) is 1.87. The van der Waals surface area contributed by atoms with Crippen LogP contribution in [0.5, 0.6) is 0 Å². The van der Waals surface area contributed by atoms with Crippen LogP contribution in [0, 0.1) is 6.92 Å². The molecule has 2 aromatic heterocycles. The summed E-state index contributed by atoms with van der Waals surface area (Å²) in [5.41, 5.74) is 0.799. The van der Waals surface area contributed by atoms with Gasteiger partial charge in [0.25, 0.3) is 5.56 Å². The summed E-state index contributed by atoms with van der Waals surface area (Å²) in [7, 11) is 1.86. The highest BCUT2D eigenvalue weighted by Gasteiger charge is 2.10. The van der Waals surface area contributed by atoms with E-state index in [9.17, 15) is 4.79 Å². The highest BCUT2D eigenvalue weighted by Crippen LogP contribution is 2.11. The lowest BCUT2D eigenvalue weighted by Gasteiger charge is -2.04. The number of rotatable bonds is 1. The molecule has 0 atom stereocenters. The lowest BCUT2D eigenvalue weighted by Crippen LogP contribution is -2.18. The molecule has 0 bridgehead atoms. The van der Waals surface area contributed by atoms with Gasteiger partial charge in [-0.25, -0.2) is 4.40 Å². The minimum Gasteiger partial charge on any atom is -0.317 e. The molecule has 0 amide bonds. The highest BCUT2D eigenvalue weighted by atomic mass is 32.2. The molecule has 0 aromatic carbocycles. The maximum Gasteiger partial charge on any atom is 0.261 e. The number of hydrogen-bond donors (Lipinski definition) is 0. The normalized spacial score (nSPS) is 11.1. The summed E-state index contributed by atoms with van der Waals surface area (Å²) in [6.45, 7) is 1.87. The molecule has 2 aromatic rings. The highest BCUT2D eigenvalue weighted by molar-refractivity contribution is 7.98. The average Bonchev–Trinajstić information content (AvgIpc) is 2.58. The lowest BCUT2D eigenvalue weighted by atomic mass is 10.4. The van der Waals surface area contributed by atoms with Gasteiger partial charge in [0.2, 0.25) is 5.78 Å². The van der Waals surface area contributed by atoms with Crippen LogP contribution >= 0.6 is 11.8 Å². The van der Waals surface area contributed by atoms with Crippen molar-refractivity contribution in [2.75, 3.05) is 6.26 Å². The number of nitrogens with zero attached hydrogens (tertiary/aromatic N) is 4. The van der Waals surface area contributed by atoms with Crippen molar-refractivity contribution >= 4 is 17.5 Å². The first kappa shape index (κ1) is 9.26. The van der Waals surface area contributed by atoms with E-state index in [1.165, 1.54) is 16.2 Å². The zero-order valence-corrected chi connectivity index (χ0v) is 9.00. The third-order valence-electron chi connectivity index (χ3n) is 2.18. The first-order chi connectivity index (χ1) is 6.65. The molecule has 0 aliphatic carbocycles. The third-order valence-corrected chi connectivity index (χ3v) is 2.81. The van der Waals surface area contributed by atoms with Gasteiger partial charge in [-0.1, -0.05) is 11.8 Å². The van der Waals surface area contributed by atoms with Gasteiger partial charge in [0.05, 0.1) is 0 Å². The maximum absolute atomic E-state index is 11.6. The number of aromatic nitrogens is 4. The van der Waals surface area contributed by atoms with Gasteiger partial charge in [-0.2, -0.15) is 0 Å². The van der Waals surface area contributed by atoms with E-state index >= 15 is 0 Å². The second-order valence-electron chi connectivity index (χ2n) is 3.01. The lowest BCUT2D eigenvalue weighted by molar-refractivity contribution is 0.809. The van der Waals surface area contributed by atoms with Gasteiger partial charge in [0, 0.05) is 18.8 Å². The molecule has 0 radical (unpaired) electrons. The average molecular weight is 210 g/mol. The second-order valence-corrected chi connectivity index (χ2v) is 3.78. The molecule has 0 aliphatic heterocycles. The van der Waals surface area contributed by atoms with Crippen molar-refractivity contribution in [1.29, 1.82) is 0 Å². The molecule has 5 nitrogen and oxygen atoms in total. The zero-order chi connectivity index (χ0) is 10.3. The smallest absolute Gasteiger partial charge is 0.261 e. The van der Waals surface area contributed by atoms with Crippen molar-refractivity contribution in [1.82, 2.24) is 19.2 Å². The molecule has 0 spiro atoms. The van der Waals surface area contributed by atoms with Crippen LogP contribution in [0.25, 0.3) is 5.78 Å². The van der Waals surface area contributed by atoms with E-state index in [-0.39, 0.29) is 5.56 Å². The van der Waals surface area contributed by atoms with Crippen LogP contribution in [0.15, 0.2) is 16.0 Å². The van der Waals surface area contributed by atoms with E-state index in [0.29, 0.717) is 10.9 Å². The van der Waals surface area contributed by atoms with Crippen molar-refractivity contribution in [3.63, 3.8) is 0 Å². The van der Waals surface area contributed by atoms with E-state index in [1.54, 1.807) is 6.07 Å². The van der Waals surface area contributed by atoms with E-state index in [1.807, 2.05) is 24.8 Å². The molecule has 2 heterocycles. The fourth-order valence-corrected chi connectivity index (χ4v) is 1.78. The largest absolute Gasteiger partial charge is 0.317 e. The van der Waals surface area contributed by atoms with Crippen molar-refractivity contribution in [3.8, 4) is 0 Å². The number of hydrogen-bond acceptors (Lipinski definition) is 4. The third kappa shape index (κ3) is 1.14. The Labute approximate surface area is 84.8 Å². The van der Waals surface area contributed by atoms with Gasteiger partial charge in [0.1, 0.15) is 0 Å². The van der Waals surface area contributed by atoms with Gasteiger partial charge in [-0.15, -0.1) is 10.2 Å². The second kappa shape index (κ2) is 3.13. The summed E-state index contributed by atoms with van der Waals surface area (Å²) in [5, 5.41) is 8.52. The molecular formula is C8H10N4OS. The van der Waals surface area contributed by atoms with Crippen LogP contribution in [0.3, 0.4) is 0 Å². The van der Waals surface area contributed by atoms with Crippen LogP contribution in [-0.2, 0) is 7.05 Å². The SMILES string of the molecule is CSc1nnc2n(C)c(C)cc(=O)n12. The van der Waals surface area contributed by atoms with Crippen molar-refractivity contribution in [2.24, 2.45) is 7.05 Å². The molecule has 6 heteroatoms. The fourth-order valence-electron chi connectivity index (χ4n) is 1.30. The molecule has 0 N–H and O–H groups in total. The molecule has 14 heavy (non-hydrogen) atoms. The van der Waals surface area contributed by atoms with Crippen LogP contribution in [0.1, 0.15) is 5.69 Å². The van der Waals surface area contributed by atoms with Gasteiger partial charge < -0.3 is 4.57 Å². The van der Waals surface area contributed by atoms with E-state index in [4.69, 9.17) is 0 Å². The van der Waals surface area contributed by atoms with Gasteiger partial charge in [-0.05, 0) is 13.2 Å². The first-order valence-corrected chi connectivity index (χ1v) is 5.33. The number of fused-ring (bicyclic) bond motifs is 1. The molecule has 2 rings (SSSR count). The van der Waals surface area contributed by atoms with Gasteiger partial charge >= 0.3 is 0 Å². The minimum absolute atomic E-state index is 0.0787. The number of thioether (sulfide) groups is 1. The molecule has 0 unspecified atom stereocenters. The van der Waals surface area contributed by atoms with Gasteiger partial charge in [0.15, 0.2) is 5.16 Å². The Morgan fingerprint density at radius 3 is 2.79 bits per heavy atom. The van der Waals surface area contributed by atoms with E-state index in [0.717, 1.165) is 5.69 Å². The van der Waals surface area contributed by atoms with Crippen molar-refractivity contribution in [2.45, 2.75) is 12.1 Å². The topological polar surface area (TPSA) is 52.2 Å². The van der Waals surface area contributed by atoms with Crippen LogP contribution in [0.4, 0.5) is 0 Å². The Hall–Kier alpha value is -1.30. The van der Waals surface area contributed by atoms with Crippen molar-refractivity contribution < 1.29 is 0 Å². The molecule has 0 saturated heterocycles. The predicted molar refractivity (Wildman–Crippen MR) is 54.7 cm³/mol. The standard InChI is InChI=1S/C8H10N4OS/c1-5-4-6(13)12-7(11(5)2)9-10-8(12)14-3/h4H,1-3H3. The monoisotopic (exact) mass is 210 g/mol. The summed E-state index contributed by atoms with van der Waals surface area (Å²) in [5.74, 6) is 0.583. The molecule has 0 saturated carbocycles. The Morgan fingerprint density at radius 1 is 1.43 bits per heavy atom. The Morgan fingerprint density at radius 2 is 2.14 bits per heavy atom. The van der Waals surface area contributed by atoms with Crippen molar-refractivity contribution in [3.05, 3.63) is 22.1 Å². The summed E-state index contributed by atoms with van der Waals surface area (Å²) in [4.78, 5) is 11.6.